The Labute approximate surface area is 105 Å². The Morgan fingerprint density at radius 3 is 2.35 bits per heavy atom. The molecule has 0 bridgehead atoms. The van der Waals surface area contributed by atoms with Gasteiger partial charge in [0.05, 0.1) is 17.3 Å². The molecule has 0 aromatic heterocycles. The van der Waals surface area contributed by atoms with Gasteiger partial charge in [-0.3, -0.25) is 0 Å². The summed E-state index contributed by atoms with van der Waals surface area (Å²) in [5, 5.41) is 10.7. The molecule has 2 saturated carbocycles. The Bertz CT molecular complexity index is 334. The molecule has 0 radical (unpaired) electrons. The van der Waals surface area contributed by atoms with Gasteiger partial charge in [-0.1, -0.05) is 13.8 Å². The molecule has 5 unspecified atom stereocenters. The van der Waals surface area contributed by atoms with Crippen LogP contribution in [-0.4, -0.2) is 22.4 Å². The fourth-order valence-corrected chi connectivity index (χ4v) is 4.42. The highest BCUT2D eigenvalue weighted by Crippen LogP contribution is 2.60. The summed E-state index contributed by atoms with van der Waals surface area (Å²) >= 11 is 0. The zero-order chi connectivity index (χ0) is 12.5. The summed E-state index contributed by atoms with van der Waals surface area (Å²) in [5.41, 5.74) is 0.0772. The van der Waals surface area contributed by atoms with Gasteiger partial charge in [-0.25, -0.2) is 0 Å². The second-order valence-electron chi connectivity index (χ2n) is 7.76. The molecule has 3 aliphatic rings. The highest BCUT2D eigenvalue weighted by molar-refractivity contribution is 5.08. The van der Waals surface area contributed by atoms with E-state index in [1.54, 1.807) is 0 Å². The smallest absolute Gasteiger partial charge is 0.0920 e. The van der Waals surface area contributed by atoms with Crippen molar-refractivity contribution in [3.63, 3.8) is 0 Å². The van der Waals surface area contributed by atoms with Crippen LogP contribution in [0.5, 0.6) is 0 Å². The van der Waals surface area contributed by atoms with Crippen molar-refractivity contribution >= 4 is 0 Å². The molecule has 1 heterocycles. The number of aliphatic hydroxyl groups is 1. The van der Waals surface area contributed by atoms with Crippen LogP contribution in [0.2, 0.25) is 0 Å². The lowest BCUT2D eigenvalue weighted by Crippen LogP contribution is -2.54. The fraction of sp³-hybridized carbons (Fsp3) is 1.00. The third-order valence-electron chi connectivity index (χ3n) is 5.93. The molecule has 98 valence electrons. The average molecular weight is 238 g/mol. The van der Waals surface area contributed by atoms with Gasteiger partial charge in [0.25, 0.3) is 0 Å². The third-order valence-corrected chi connectivity index (χ3v) is 5.93. The van der Waals surface area contributed by atoms with Crippen molar-refractivity contribution in [1.82, 2.24) is 0 Å². The molecular weight excluding hydrogens is 212 g/mol. The number of fused-ring (bicyclic) bond motifs is 2. The van der Waals surface area contributed by atoms with E-state index in [-0.39, 0.29) is 5.60 Å². The Hall–Kier alpha value is -0.0800. The topological polar surface area (TPSA) is 32.8 Å². The van der Waals surface area contributed by atoms with Gasteiger partial charge >= 0.3 is 0 Å². The molecule has 3 rings (SSSR count). The summed E-state index contributed by atoms with van der Waals surface area (Å²) in [6, 6.07) is 0. The zero-order valence-electron chi connectivity index (χ0n) is 11.6. The minimum Gasteiger partial charge on any atom is -0.390 e. The van der Waals surface area contributed by atoms with E-state index in [1.165, 1.54) is 19.3 Å². The predicted molar refractivity (Wildman–Crippen MR) is 67.7 cm³/mol. The number of hydrogen-bond donors (Lipinski definition) is 1. The van der Waals surface area contributed by atoms with Crippen molar-refractivity contribution < 1.29 is 9.84 Å². The summed E-state index contributed by atoms with van der Waals surface area (Å²) in [7, 11) is 0. The largest absolute Gasteiger partial charge is 0.390 e. The average Bonchev–Trinajstić information content (AvgIpc) is 2.83. The number of epoxide rings is 1. The van der Waals surface area contributed by atoms with Crippen LogP contribution >= 0.6 is 0 Å². The van der Waals surface area contributed by atoms with Crippen LogP contribution in [0.3, 0.4) is 0 Å². The molecule has 1 saturated heterocycles. The molecule has 0 aromatic carbocycles. The lowest BCUT2D eigenvalue weighted by Gasteiger charge is -2.57. The Kier molecular flexibility index (Phi) is 2.30. The predicted octanol–water partition coefficient (Wildman–Crippen LogP) is 3.13. The van der Waals surface area contributed by atoms with E-state index in [4.69, 9.17) is 4.74 Å². The van der Waals surface area contributed by atoms with E-state index in [0.717, 1.165) is 12.8 Å². The monoisotopic (exact) mass is 238 g/mol. The molecule has 1 aliphatic heterocycles. The standard InChI is InChI=1S/C15H26O2/c1-13(2)9-11-10(13)5-8-15(4)12(17-15)6-7-14(11,3)16/h10-12,16H,5-9H2,1-4H3. The highest BCUT2D eigenvalue weighted by atomic mass is 16.6. The summed E-state index contributed by atoms with van der Waals surface area (Å²) in [5.74, 6) is 1.19. The maximum atomic E-state index is 10.7. The number of hydrogen-bond acceptors (Lipinski definition) is 2. The summed E-state index contributed by atoms with van der Waals surface area (Å²) in [6.45, 7) is 9.01. The maximum Gasteiger partial charge on any atom is 0.0920 e. The van der Waals surface area contributed by atoms with Crippen LogP contribution in [0, 0.1) is 17.3 Å². The number of ether oxygens (including phenoxy) is 1. The van der Waals surface area contributed by atoms with Crippen molar-refractivity contribution in [1.29, 1.82) is 0 Å². The Morgan fingerprint density at radius 1 is 1.00 bits per heavy atom. The van der Waals surface area contributed by atoms with Crippen molar-refractivity contribution in [3.8, 4) is 0 Å². The highest BCUT2D eigenvalue weighted by Gasteiger charge is 2.59. The molecular formula is C15H26O2. The van der Waals surface area contributed by atoms with Crippen molar-refractivity contribution in [3.05, 3.63) is 0 Å². The van der Waals surface area contributed by atoms with Gasteiger partial charge in [-0.15, -0.1) is 0 Å². The van der Waals surface area contributed by atoms with Crippen LogP contribution in [0.4, 0.5) is 0 Å². The molecule has 17 heavy (non-hydrogen) atoms. The summed E-state index contributed by atoms with van der Waals surface area (Å²) in [6.07, 6.45) is 5.94. The quantitative estimate of drug-likeness (QED) is 0.658. The van der Waals surface area contributed by atoms with Crippen LogP contribution in [0.1, 0.15) is 59.8 Å². The molecule has 3 fully saturated rings. The molecule has 2 heteroatoms. The maximum absolute atomic E-state index is 10.7. The fourth-order valence-electron chi connectivity index (χ4n) is 4.42. The zero-order valence-corrected chi connectivity index (χ0v) is 11.6. The summed E-state index contributed by atoms with van der Waals surface area (Å²) in [4.78, 5) is 0. The van der Waals surface area contributed by atoms with Gasteiger partial charge in [-0.05, 0) is 63.2 Å². The molecule has 2 aliphatic carbocycles. The lowest BCUT2D eigenvalue weighted by molar-refractivity contribution is -0.144. The minimum atomic E-state index is -0.475. The SMILES string of the molecule is CC1(C)CC2C1CCC1(C)OC1CCC2(C)O. The first-order chi connectivity index (χ1) is 7.75. The van der Waals surface area contributed by atoms with E-state index < -0.39 is 5.60 Å². The van der Waals surface area contributed by atoms with Crippen LogP contribution in [-0.2, 0) is 4.74 Å². The van der Waals surface area contributed by atoms with Crippen molar-refractivity contribution in [2.24, 2.45) is 17.3 Å². The van der Waals surface area contributed by atoms with Gasteiger partial charge in [0.15, 0.2) is 0 Å². The van der Waals surface area contributed by atoms with E-state index in [0.29, 0.717) is 23.4 Å². The lowest BCUT2D eigenvalue weighted by atomic mass is 9.50. The molecule has 0 amide bonds. The molecule has 0 aromatic rings. The van der Waals surface area contributed by atoms with E-state index in [9.17, 15) is 5.11 Å². The first kappa shape index (κ1) is 12.0. The Morgan fingerprint density at radius 2 is 1.71 bits per heavy atom. The molecule has 0 spiro atoms. The van der Waals surface area contributed by atoms with Crippen LogP contribution < -0.4 is 0 Å². The van der Waals surface area contributed by atoms with Crippen molar-refractivity contribution in [2.75, 3.05) is 0 Å². The van der Waals surface area contributed by atoms with Gasteiger partial charge < -0.3 is 9.84 Å². The van der Waals surface area contributed by atoms with E-state index in [2.05, 4.69) is 20.8 Å². The van der Waals surface area contributed by atoms with Gasteiger partial charge in [-0.2, -0.15) is 0 Å². The summed E-state index contributed by atoms with van der Waals surface area (Å²) < 4.78 is 5.84. The van der Waals surface area contributed by atoms with Crippen LogP contribution in [0.25, 0.3) is 0 Å². The Balaban J connectivity index is 1.81. The van der Waals surface area contributed by atoms with Gasteiger partial charge in [0.1, 0.15) is 0 Å². The van der Waals surface area contributed by atoms with E-state index in [1.807, 2.05) is 6.92 Å². The molecule has 5 atom stereocenters. The number of rotatable bonds is 0. The molecule has 1 N–H and O–H groups in total. The first-order valence-electron chi connectivity index (χ1n) is 7.15. The van der Waals surface area contributed by atoms with Gasteiger partial charge in [0.2, 0.25) is 0 Å². The first-order valence-corrected chi connectivity index (χ1v) is 7.15. The van der Waals surface area contributed by atoms with Gasteiger partial charge in [0, 0.05) is 0 Å². The third kappa shape index (κ3) is 1.76. The molecule has 2 nitrogen and oxygen atoms in total. The minimum absolute atomic E-state index is 0.136. The normalized spacial score (nSPS) is 56.6. The van der Waals surface area contributed by atoms with E-state index >= 15 is 0 Å². The van der Waals surface area contributed by atoms with Crippen LogP contribution in [0.15, 0.2) is 0 Å². The van der Waals surface area contributed by atoms with Crippen molar-refractivity contribution in [2.45, 2.75) is 77.1 Å². The second kappa shape index (κ2) is 3.27. The second-order valence-corrected chi connectivity index (χ2v) is 7.76.